The van der Waals surface area contributed by atoms with Crippen molar-refractivity contribution >= 4 is 39.6 Å². The summed E-state index contributed by atoms with van der Waals surface area (Å²) in [4.78, 5) is 5.26. The summed E-state index contributed by atoms with van der Waals surface area (Å²) in [6.45, 7) is 6.61. The van der Waals surface area contributed by atoms with Crippen molar-refractivity contribution in [3.63, 3.8) is 0 Å². The van der Waals surface area contributed by atoms with Crippen LogP contribution in [-0.4, -0.2) is 21.0 Å². The molecule has 0 aliphatic carbocycles. The molecule has 1 atom stereocenters. The van der Waals surface area contributed by atoms with Crippen LogP contribution in [-0.2, 0) is 5.41 Å². The molecule has 0 amide bonds. The van der Waals surface area contributed by atoms with Gasteiger partial charge in [-0.2, -0.15) is 4.37 Å². The van der Waals surface area contributed by atoms with Crippen LogP contribution in [0.25, 0.3) is 0 Å². The molecule has 0 aliphatic heterocycles. The highest BCUT2D eigenvalue weighted by Gasteiger charge is 2.20. The lowest BCUT2D eigenvalue weighted by atomic mass is 9.96. The molecule has 2 N–H and O–H groups in total. The van der Waals surface area contributed by atoms with E-state index in [1.54, 1.807) is 6.07 Å². The van der Waals surface area contributed by atoms with E-state index in [0.717, 1.165) is 15.8 Å². The average Bonchev–Trinajstić information content (AvgIpc) is 2.93. The van der Waals surface area contributed by atoms with Gasteiger partial charge in [0.2, 0.25) is 5.13 Å². The predicted molar refractivity (Wildman–Crippen MR) is 81.4 cm³/mol. The molecule has 1 unspecified atom stereocenters. The van der Waals surface area contributed by atoms with Crippen LogP contribution in [0, 0.1) is 0 Å². The van der Waals surface area contributed by atoms with E-state index >= 15 is 0 Å². The van der Waals surface area contributed by atoms with Gasteiger partial charge in [0.1, 0.15) is 11.9 Å². The second kappa shape index (κ2) is 5.75. The normalized spacial score (nSPS) is 13.5. The van der Waals surface area contributed by atoms with Gasteiger partial charge >= 0.3 is 0 Å². The molecule has 0 spiro atoms. The first kappa shape index (κ1) is 14.7. The van der Waals surface area contributed by atoms with Gasteiger partial charge in [0.05, 0.1) is 4.34 Å². The Labute approximate surface area is 125 Å². The SMILES string of the molecule is CC(C)(C)c1nsc(NCC(O)c2ccc(Cl)s2)n1. The van der Waals surface area contributed by atoms with Gasteiger partial charge in [-0.05, 0) is 12.1 Å². The van der Waals surface area contributed by atoms with E-state index in [0.29, 0.717) is 10.9 Å². The van der Waals surface area contributed by atoms with Crippen molar-refractivity contribution < 1.29 is 5.11 Å². The number of anilines is 1. The van der Waals surface area contributed by atoms with Gasteiger partial charge in [-0.3, -0.25) is 0 Å². The maximum Gasteiger partial charge on any atom is 0.202 e. The second-order valence-electron chi connectivity index (χ2n) is 5.21. The Balaban J connectivity index is 1.94. The number of halogens is 1. The summed E-state index contributed by atoms with van der Waals surface area (Å²) in [5.74, 6) is 0.814. The van der Waals surface area contributed by atoms with Crippen molar-refractivity contribution in [2.24, 2.45) is 0 Å². The van der Waals surface area contributed by atoms with E-state index in [1.807, 2.05) is 6.07 Å². The number of aliphatic hydroxyl groups excluding tert-OH is 1. The Morgan fingerprint density at radius 3 is 2.68 bits per heavy atom. The minimum atomic E-state index is -0.584. The maximum absolute atomic E-state index is 10.0. The average molecular weight is 318 g/mol. The van der Waals surface area contributed by atoms with Gasteiger partial charge in [0, 0.05) is 28.4 Å². The number of hydrogen-bond donors (Lipinski definition) is 2. The number of aromatic nitrogens is 2. The third kappa shape index (κ3) is 3.89. The van der Waals surface area contributed by atoms with Crippen molar-refractivity contribution in [3.05, 3.63) is 27.2 Å². The number of rotatable bonds is 4. The zero-order chi connectivity index (χ0) is 14.0. The van der Waals surface area contributed by atoms with E-state index in [1.165, 1.54) is 22.9 Å². The Morgan fingerprint density at radius 2 is 2.16 bits per heavy atom. The standard InChI is InChI=1S/C12H16ClN3OS2/c1-12(2,3)10-15-11(19-16-10)14-6-7(17)8-4-5-9(13)18-8/h4-5,7,17H,6H2,1-3H3,(H,14,15,16). The van der Waals surface area contributed by atoms with Crippen LogP contribution >= 0.6 is 34.5 Å². The van der Waals surface area contributed by atoms with Crippen LogP contribution in [0.5, 0.6) is 0 Å². The summed E-state index contributed by atoms with van der Waals surface area (Å²) in [5, 5.41) is 13.8. The number of aliphatic hydroxyl groups is 1. The van der Waals surface area contributed by atoms with Crippen LogP contribution in [0.15, 0.2) is 12.1 Å². The molecule has 0 saturated carbocycles. The lowest BCUT2D eigenvalue weighted by Crippen LogP contribution is -2.14. The zero-order valence-electron chi connectivity index (χ0n) is 11.0. The minimum absolute atomic E-state index is 0.0592. The molecule has 104 valence electrons. The summed E-state index contributed by atoms with van der Waals surface area (Å²) < 4.78 is 4.99. The summed E-state index contributed by atoms with van der Waals surface area (Å²) in [5.41, 5.74) is -0.0592. The summed E-state index contributed by atoms with van der Waals surface area (Å²) in [6, 6.07) is 3.62. The van der Waals surface area contributed by atoms with Gasteiger partial charge in [0.25, 0.3) is 0 Å². The molecule has 0 fully saturated rings. The third-order valence-corrected chi connectivity index (χ3v) is 4.47. The quantitative estimate of drug-likeness (QED) is 0.902. The first-order valence-corrected chi connectivity index (χ1v) is 7.84. The maximum atomic E-state index is 10.0. The molecule has 7 heteroatoms. The van der Waals surface area contributed by atoms with Crippen molar-refractivity contribution in [1.82, 2.24) is 9.36 Å². The van der Waals surface area contributed by atoms with Gasteiger partial charge in [-0.25, -0.2) is 4.98 Å². The molecule has 0 aliphatic rings. The van der Waals surface area contributed by atoms with E-state index in [4.69, 9.17) is 11.6 Å². The number of thiophene rings is 1. The fourth-order valence-corrected chi connectivity index (χ4v) is 3.20. The third-order valence-electron chi connectivity index (χ3n) is 2.47. The highest BCUT2D eigenvalue weighted by Crippen LogP contribution is 2.28. The Hall–Kier alpha value is -0.690. The Bertz CT molecular complexity index is 547. The molecule has 0 saturated heterocycles. The van der Waals surface area contributed by atoms with Gasteiger partial charge < -0.3 is 10.4 Å². The number of nitrogens with one attached hydrogen (secondary N) is 1. The van der Waals surface area contributed by atoms with E-state index in [2.05, 4.69) is 35.4 Å². The van der Waals surface area contributed by atoms with E-state index in [9.17, 15) is 5.11 Å². The lowest BCUT2D eigenvalue weighted by Gasteiger charge is -2.12. The Morgan fingerprint density at radius 1 is 1.42 bits per heavy atom. The molecule has 4 nitrogen and oxygen atoms in total. The van der Waals surface area contributed by atoms with Gasteiger partial charge in [-0.15, -0.1) is 11.3 Å². The second-order valence-corrected chi connectivity index (χ2v) is 7.71. The smallest absolute Gasteiger partial charge is 0.202 e. The molecule has 0 aromatic carbocycles. The fourth-order valence-electron chi connectivity index (χ4n) is 1.39. The van der Waals surface area contributed by atoms with E-state index < -0.39 is 6.10 Å². The highest BCUT2D eigenvalue weighted by molar-refractivity contribution is 7.16. The van der Waals surface area contributed by atoms with Crippen LogP contribution in [0.4, 0.5) is 5.13 Å². The lowest BCUT2D eigenvalue weighted by molar-refractivity contribution is 0.195. The molecule has 2 aromatic rings. The van der Waals surface area contributed by atoms with Crippen LogP contribution in [0.3, 0.4) is 0 Å². The first-order valence-electron chi connectivity index (χ1n) is 5.87. The van der Waals surface area contributed by atoms with Gasteiger partial charge in [-0.1, -0.05) is 32.4 Å². The molecule has 19 heavy (non-hydrogen) atoms. The topological polar surface area (TPSA) is 58.0 Å². The summed E-state index contributed by atoms with van der Waals surface area (Å²) in [7, 11) is 0. The van der Waals surface area contributed by atoms with E-state index in [-0.39, 0.29) is 5.41 Å². The highest BCUT2D eigenvalue weighted by atomic mass is 35.5. The minimum Gasteiger partial charge on any atom is -0.386 e. The summed E-state index contributed by atoms with van der Waals surface area (Å²) in [6.07, 6.45) is -0.584. The molecule has 2 heterocycles. The van der Waals surface area contributed by atoms with Crippen LogP contribution in [0.2, 0.25) is 4.34 Å². The largest absolute Gasteiger partial charge is 0.386 e. The van der Waals surface area contributed by atoms with Gasteiger partial charge in [0.15, 0.2) is 0 Å². The van der Waals surface area contributed by atoms with Crippen molar-refractivity contribution in [2.45, 2.75) is 32.3 Å². The zero-order valence-corrected chi connectivity index (χ0v) is 13.4. The number of nitrogens with zero attached hydrogens (tertiary/aromatic N) is 2. The molecule has 2 aromatic heterocycles. The number of hydrogen-bond acceptors (Lipinski definition) is 6. The molecule has 2 rings (SSSR count). The molecular weight excluding hydrogens is 302 g/mol. The monoisotopic (exact) mass is 317 g/mol. The van der Waals surface area contributed by atoms with Crippen molar-refractivity contribution in [1.29, 1.82) is 0 Å². The fraction of sp³-hybridized carbons (Fsp3) is 0.500. The molecule has 0 bridgehead atoms. The Kier molecular flexibility index (Phi) is 4.45. The first-order chi connectivity index (χ1) is 8.86. The molecular formula is C12H16ClN3OS2. The van der Waals surface area contributed by atoms with Crippen LogP contribution < -0.4 is 5.32 Å². The predicted octanol–water partition coefficient (Wildman–Crippen LogP) is 3.70. The summed E-state index contributed by atoms with van der Waals surface area (Å²) >= 11 is 8.54. The van der Waals surface area contributed by atoms with Crippen molar-refractivity contribution in [3.8, 4) is 0 Å². The van der Waals surface area contributed by atoms with Crippen LogP contribution in [0.1, 0.15) is 37.6 Å². The molecule has 0 radical (unpaired) electrons. The van der Waals surface area contributed by atoms with Crippen molar-refractivity contribution in [2.75, 3.05) is 11.9 Å².